The molecule has 0 aromatic carbocycles. The molecule has 0 aliphatic carbocycles. The van der Waals surface area contributed by atoms with E-state index >= 15 is 0 Å². The first-order valence-corrected chi connectivity index (χ1v) is 6.28. The Balaban J connectivity index is 1.89. The Labute approximate surface area is 98.4 Å². The van der Waals surface area contributed by atoms with Crippen LogP contribution in [0.4, 0.5) is 0 Å². The van der Waals surface area contributed by atoms with Crippen molar-refractivity contribution in [2.75, 3.05) is 0 Å². The minimum absolute atomic E-state index is 0.139. The largest absolute Gasteiger partial charge is 0.427 e. The van der Waals surface area contributed by atoms with Gasteiger partial charge in [0.2, 0.25) is 0 Å². The minimum atomic E-state index is -0.139. The van der Waals surface area contributed by atoms with E-state index in [4.69, 9.17) is 4.74 Å². The van der Waals surface area contributed by atoms with Gasteiger partial charge in [-0.2, -0.15) is 0 Å². The molecule has 1 aliphatic heterocycles. The minimum Gasteiger partial charge on any atom is -0.427 e. The van der Waals surface area contributed by atoms with Gasteiger partial charge in [0.05, 0.1) is 5.57 Å². The van der Waals surface area contributed by atoms with Gasteiger partial charge >= 0.3 is 5.97 Å². The van der Waals surface area contributed by atoms with Gasteiger partial charge in [-0.3, -0.25) is 0 Å². The molecule has 0 radical (unpaired) electrons. The Hall–Kier alpha value is -1.05. The Kier molecular flexibility index (Phi) is 5.91. The van der Waals surface area contributed by atoms with E-state index in [1.54, 1.807) is 0 Å². The average Bonchev–Trinajstić information content (AvgIpc) is 2.30. The molecule has 0 unspecified atom stereocenters. The van der Waals surface area contributed by atoms with Gasteiger partial charge in [-0.15, -0.1) is 6.58 Å². The number of carbonyl (C=O) groups excluding carboxylic acids is 1. The second kappa shape index (κ2) is 7.26. The van der Waals surface area contributed by atoms with E-state index in [0.717, 1.165) is 30.6 Å². The SMILES string of the molecule is C=CCCCCCCCCC1=C(C)C(=O)O1. The molecule has 0 spiro atoms. The van der Waals surface area contributed by atoms with Crippen molar-refractivity contribution < 1.29 is 9.53 Å². The predicted octanol–water partition coefficient (Wildman–Crippen LogP) is 4.12. The fourth-order valence-electron chi connectivity index (χ4n) is 1.85. The van der Waals surface area contributed by atoms with Crippen LogP contribution in [0.15, 0.2) is 24.0 Å². The molecule has 0 fully saturated rings. The highest BCUT2D eigenvalue weighted by Crippen LogP contribution is 2.25. The first-order valence-electron chi connectivity index (χ1n) is 6.28. The van der Waals surface area contributed by atoms with Crippen LogP contribution in [0.25, 0.3) is 0 Å². The highest BCUT2D eigenvalue weighted by atomic mass is 16.6. The van der Waals surface area contributed by atoms with Crippen molar-refractivity contribution in [1.29, 1.82) is 0 Å². The number of esters is 1. The van der Waals surface area contributed by atoms with Gasteiger partial charge in [0.1, 0.15) is 5.76 Å². The maximum Gasteiger partial charge on any atom is 0.342 e. The van der Waals surface area contributed by atoms with Crippen molar-refractivity contribution in [3.8, 4) is 0 Å². The molecule has 0 atom stereocenters. The predicted molar refractivity (Wildman–Crippen MR) is 65.9 cm³/mol. The zero-order valence-corrected chi connectivity index (χ0v) is 10.3. The van der Waals surface area contributed by atoms with Crippen LogP contribution >= 0.6 is 0 Å². The lowest BCUT2D eigenvalue weighted by atomic mass is 10.0. The Bertz CT molecular complexity index is 276. The summed E-state index contributed by atoms with van der Waals surface area (Å²) >= 11 is 0. The molecular weight excluding hydrogens is 200 g/mol. The summed E-state index contributed by atoms with van der Waals surface area (Å²) in [5.74, 6) is 0.774. The highest BCUT2D eigenvalue weighted by Gasteiger charge is 2.24. The van der Waals surface area contributed by atoms with Gasteiger partial charge in [0, 0.05) is 6.42 Å². The van der Waals surface area contributed by atoms with Crippen LogP contribution < -0.4 is 0 Å². The fourth-order valence-corrected chi connectivity index (χ4v) is 1.85. The van der Waals surface area contributed by atoms with E-state index in [1.807, 2.05) is 13.0 Å². The molecule has 0 N–H and O–H groups in total. The molecule has 0 bridgehead atoms. The van der Waals surface area contributed by atoms with Gasteiger partial charge in [-0.05, 0) is 26.2 Å². The number of unbranched alkanes of at least 4 members (excludes halogenated alkanes) is 6. The third-order valence-electron chi connectivity index (χ3n) is 3.00. The van der Waals surface area contributed by atoms with Crippen LogP contribution in [0.2, 0.25) is 0 Å². The molecular formula is C14H22O2. The van der Waals surface area contributed by atoms with Gasteiger partial charge in [0.15, 0.2) is 0 Å². The Morgan fingerprint density at radius 2 is 1.75 bits per heavy atom. The third kappa shape index (κ3) is 4.21. The molecule has 0 amide bonds. The summed E-state index contributed by atoms with van der Waals surface area (Å²) in [6.45, 7) is 5.55. The van der Waals surface area contributed by atoms with E-state index in [-0.39, 0.29) is 5.97 Å². The maximum absolute atomic E-state index is 10.8. The zero-order chi connectivity index (χ0) is 11.8. The molecule has 2 nitrogen and oxygen atoms in total. The third-order valence-corrected chi connectivity index (χ3v) is 3.00. The second-order valence-corrected chi connectivity index (χ2v) is 4.39. The first kappa shape index (κ1) is 13.0. The number of hydrogen-bond donors (Lipinski definition) is 0. The summed E-state index contributed by atoms with van der Waals surface area (Å²) in [5.41, 5.74) is 0.825. The first-order chi connectivity index (χ1) is 7.75. The van der Waals surface area contributed by atoms with Crippen LogP contribution in [0, 0.1) is 0 Å². The number of hydrogen-bond acceptors (Lipinski definition) is 2. The molecule has 2 heteroatoms. The van der Waals surface area contributed by atoms with Crippen molar-refractivity contribution in [2.24, 2.45) is 0 Å². The lowest BCUT2D eigenvalue weighted by Gasteiger charge is -2.19. The normalized spacial score (nSPS) is 14.7. The average molecular weight is 222 g/mol. The van der Waals surface area contributed by atoms with Gasteiger partial charge < -0.3 is 4.74 Å². The van der Waals surface area contributed by atoms with Crippen LogP contribution in [-0.4, -0.2) is 5.97 Å². The molecule has 0 aromatic heterocycles. The van der Waals surface area contributed by atoms with Crippen molar-refractivity contribution in [2.45, 2.75) is 58.3 Å². The monoisotopic (exact) mass is 222 g/mol. The van der Waals surface area contributed by atoms with Gasteiger partial charge in [0.25, 0.3) is 0 Å². The molecule has 0 saturated carbocycles. The van der Waals surface area contributed by atoms with Crippen LogP contribution in [0.1, 0.15) is 58.3 Å². The van der Waals surface area contributed by atoms with Crippen molar-refractivity contribution in [3.63, 3.8) is 0 Å². The number of allylic oxidation sites excluding steroid dienone is 2. The van der Waals surface area contributed by atoms with Crippen LogP contribution in [-0.2, 0) is 9.53 Å². The standard InChI is InChI=1S/C14H22O2/c1-3-4-5-6-7-8-9-10-11-13-12(2)14(15)16-13/h3H,1,4-11H2,2H3. The summed E-state index contributed by atoms with van der Waals surface area (Å²) in [6, 6.07) is 0. The molecule has 1 heterocycles. The number of ether oxygens (including phenoxy) is 1. The van der Waals surface area contributed by atoms with E-state index in [2.05, 4.69) is 6.58 Å². The summed E-state index contributed by atoms with van der Waals surface area (Å²) in [5, 5.41) is 0. The molecule has 1 rings (SSSR count). The summed E-state index contributed by atoms with van der Waals surface area (Å²) in [7, 11) is 0. The molecule has 90 valence electrons. The van der Waals surface area contributed by atoms with E-state index in [0.29, 0.717) is 0 Å². The summed E-state index contributed by atoms with van der Waals surface area (Å²) in [6.07, 6.45) is 11.6. The zero-order valence-electron chi connectivity index (χ0n) is 10.3. The molecule has 0 aromatic rings. The van der Waals surface area contributed by atoms with Gasteiger partial charge in [-0.1, -0.05) is 31.8 Å². The van der Waals surface area contributed by atoms with Crippen LogP contribution in [0.5, 0.6) is 0 Å². The second-order valence-electron chi connectivity index (χ2n) is 4.39. The molecule has 16 heavy (non-hydrogen) atoms. The fraction of sp³-hybridized carbons (Fsp3) is 0.643. The molecule has 1 aliphatic rings. The summed E-state index contributed by atoms with van der Waals surface area (Å²) in [4.78, 5) is 10.8. The lowest BCUT2D eigenvalue weighted by molar-refractivity contribution is -0.140. The van der Waals surface area contributed by atoms with Crippen molar-refractivity contribution in [1.82, 2.24) is 0 Å². The van der Waals surface area contributed by atoms with E-state index in [1.165, 1.54) is 32.1 Å². The Morgan fingerprint density at radius 1 is 1.12 bits per heavy atom. The number of cyclic esters (lactones) is 1. The Morgan fingerprint density at radius 3 is 2.31 bits per heavy atom. The van der Waals surface area contributed by atoms with Crippen LogP contribution in [0.3, 0.4) is 0 Å². The number of rotatable bonds is 9. The topological polar surface area (TPSA) is 26.3 Å². The van der Waals surface area contributed by atoms with E-state index in [9.17, 15) is 4.79 Å². The van der Waals surface area contributed by atoms with Crippen molar-refractivity contribution >= 4 is 5.97 Å². The maximum atomic E-state index is 10.8. The quantitative estimate of drug-likeness (QED) is 0.333. The molecule has 0 saturated heterocycles. The van der Waals surface area contributed by atoms with Gasteiger partial charge in [-0.25, -0.2) is 4.79 Å². The highest BCUT2D eigenvalue weighted by molar-refractivity contribution is 5.94. The number of carbonyl (C=O) groups is 1. The lowest BCUT2D eigenvalue weighted by Crippen LogP contribution is -2.19. The smallest absolute Gasteiger partial charge is 0.342 e. The van der Waals surface area contributed by atoms with Crippen molar-refractivity contribution in [3.05, 3.63) is 24.0 Å². The summed E-state index contributed by atoms with van der Waals surface area (Å²) < 4.78 is 4.94. The van der Waals surface area contributed by atoms with E-state index < -0.39 is 0 Å².